The zero-order chi connectivity index (χ0) is 13.1. The molecule has 0 unspecified atom stereocenters. The van der Waals surface area contributed by atoms with Crippen LogP contribution >= 0.6 is 0 Å². The normalized spacial score (nSPS) is 10.6. The predicted octanol–water partition coefficient (Wildman–Crippen LogP) is 3.89. The Bertz CT molecular complexity index is 542. The zero-order valence-corrected chi connectivity index (χ0v) is 10.8. The Labute approximate surface area is 108 Å². The van der Waals surface area contributed by atoms with E-state index in [0.29, 0.717) is 0 Å². The molecule has 0 saturated heterocycles. The second-order valence-electron chi connectivity index (χ2n) is 4.37. The molecule has 2 N–H and O–H groups in total. The third kappa shape index (κ3) is 2.19. The number of benzene rings is 2. The van der Waals surface area contributed by atoms with Gasteiger partial charge in [-0.3, -0.25) is 0 Å². The van der Waals surface area contributed by atoms with Crippen LogP contribution in [0.2, 0.25) is 0 Å². The fourth-order valence-corrected chi connectivity index (χ4v) is 2.15. The molecule has 0 saturated carbocycles. The van der Waals surface area contributed by atoms with Crippen LogP contribution in [-0.2, 0) is 12.8 Å². The number of phenols is 2. The highest BCUT2D eigenvalue weighted by Gasteiger charge is 2.12. The fourth-order valence-electron chi connectivity index (χ4n) is 2.15. The molecule has 2 aromatic rings. The highest BCUT2D eigenvalue weighted by molar-refractivity contribution is 5.76. The van der Waals surface area contributed by atoms with Crippen molar-refractivity contribution in [3.8, 4) is 22.6 Å². The number of aryl methyl sites for hydroxylation is 2. The molecule has 0 radical (unpaired) electrons. The van der Waals surface area contributed by atoms with Gasteiger partial charge in [0.15, 0.2) is 11.5 Å². The van der Waals surface area contributed by atoms with E-state index in [2.05, 4.69) is 19.1 Å². The maximum absolute atomic E-state index is 10.0. The summed E-state index contributed by atoms with van der Waals surface area (Å²) < 4.78 is 0. The lowest BCUT2D eigenvalue weighted by atomic mass is 9.95. The Balaban J connectivity index is 2.57. The van der Waals surface area contributed by atoms with Crippen molar-refractivity contribution >= 4 is 0 Å². The summed E-state index contributed by atoms with van der Waals surface area (Å²) in [5.41, 5.74) is 3.98. The molecule has 0 heterocycles. The second-order valence-corrected chi connectivity index (χ2v) is 4.37. The molecule has 0 aromatic heterocycles. The molecule has 0 amide bonds. The lowest BCUT2D eigenvalue weighted by molar-refractivity contribution is 0.404. The average Bonchev–Trinajstić information content (AvgIpc) is 2.42. The van der Waals surface area contributed by atoms with E-state index in [9.17, 15) is 10.2 Å². The van der Waals surface area contributed by atoms with Gasteiger partial charge in [0.05, 0.1) is 0 Å². The Morgan fingerprint density at radius 2 is 1.50 bits per heavy atom. The van der Waals surface area contributed by atoms with Crippen molar-refractivity contribution < 1.29 is 10.2 Å². The SMILES string of the molecule is CCc1ccc(-c2c(CC)ccc(O)c2O)cc1. The van der Waals surface area contributed by atoms with Crippen LogP contribution in [0, 0.1) is 0 Å². The highest BCUT2D eigenvalue weighted by Crippen LogP contribution is 2.39. The molecule has 2 rings (SSSR count). The summed E-state index contributed by atoms with van der Waals surface area (Å²) >= 11 is 0. The standard InChI is InChI=1S/C16H18O2/c1-3-11-5-7-13(8-6-11)15-12(4-2)9-10-14(17)16(15)18/h5-10,17-18H,3-4H2,1-2H3. The fraction of sp³-hybridized carbons (Fsp3) is 0.250. The Kier molecular flexibility index (Phi) is 3.56. The van der Waals surface area contributed by atoms with Crippen molar-refractivity contribution in [2.24, 2.45) is 0 Å². The van der Waals surface area contributed by atoms with Gasteiger partial charge in [0.1, 0.15) is 0 Å². The topological polar surface area (TPSA) is 40.5 Å². The van der Waals surface area contributed by atoms with Gasteiger partial charge in [0.2, 0.25) is 0 Å². The summed E-state index contributed by atoms with van der Waals surface area (Å²) in [6, 6.07) is 11.5. The van der Waals surface area contributed by atoms with Crippen LogP contribution in [0.1, 0.15) is 25.0 Å². The summed E-state index contributed by atoms with van der Waals surface area (Å²) in [6.45, 7) is 4.15. The smallest absolute Gasteiger partial charge is 0.165 e. The maximum atomic E-state index is 10.0. The van der Waals surface area contributed by atoms with Gasteiger partial charge in [-0.2, -0.15) is 0 Å². The minimum absolute atomic E-state index is 0.0291. The van der Waals surface area contributed by atoms with Gasteiger partial charge in [0, 0.05) is 5.56 Å². The van der Waals surface area contributed by atoms with Crippen LogP contribution in [0.5, 0.6) is 11.5 Å². The largest absolute Gasteiger partial charge is 0.504 e. The zero-order valence-electron chi connectivity index (χ0n) is 10.8. The molecule has 18 heavy (non-hydrogen) atoms. The summed E-state index contributed by atoms with van der Waals surface area (Å²) in [5, 5.41) is 19.7. The van der Waals surface area contributed by atoms with Crippen LogP contribution in [0.25, 0.3) is 11.1 Å². The van der Waals surface area contributed by atoms with Crippen LogP contribution < -0.4 is 0 Å². The molecule has 2 heteroatoms. The van der Waals surface area contributed by atoms with Crippen molar-refractivity contribution in [1.29, 1.82) is 0 Å². The van der Waals surface area contributed by atoms with Gasteiger partial charge in [-0.05, 0) is 35.6 Å². The number of phenolic OH excluding ortho intramolecular Hbond substituents is 2. The first-order chi connectivity index (χ1) is 8.67. The van der Waals surface area contributed by atoms with E-state index in [1.165, 1.54) is 11.6 Å². The van der Waals surface area contributed by atoms with E-state index < -0.39 is 0 Å². The summed E-state index contributed by atoms with van der Waals surface area (Å²) in [6.07, 6.45) is 1.81. The Hall–Kier alpha value is -1.96. The molecule has 0 aliphatic rings. The molecule has 94 valence electrons. The molecule has 2 nitrogen and oxygen atoms in total. The second kappa shape index (κ2) is 5.13. The lowest BCUT2D eigenvalue weighted by Crippen LogP contribution is -1.89. The van der Waals surface area contributed by atoms with Crippen LogP contribution in [0.4, 0.5) is 0 Å². The molecule has 0 bridgehead atoms. The molecule has 0 aliphatic carbocycles. The number of hydrogen-bond acceptors (Lipinski definition) is 2. The quantitative estimate of drug-likeness (QED) is 0.802. The van der Waals surface area contributed by atoms with E-state index in [1.54, 1.807) is 0 Å². The van der Waals surface area contributed by atoms with Gasteiger partial charge in [-0.15, -0.1) is 0 Å². The first-order valence-corrected chi connectivity index (χ1v) is 6.30. The molecule has 0 fully saturated rings. The number of rotatable bonds is 3. The minimum Gasteiger partial charge on any atom is -0.504 e. The van der Waals surface area contributed by atoms with Gasteiger partial charge in [0.25, 0.3) is 0 Å². The molecule has 0 aliphatic heterocycles. The van der Waals surface area contributed by atoms with Crippen molar-refractivity contribution in [2.45, 2.75) is 26.7 Å². The summed E-state index contributed by atoms with van der Waals surface area (Å²) in [5.74, 6) is -0.0969. The number of hydrogen-bond donors (Lipinski definition) is 2. The maximum Gasteiger partial charge on any atom is 0.165 e. The van der Waals surface area contributed by atoms with Crippen LogP contribution in [0.15, 0.2) is 36.4 Å². The van der Waals surface area contributed by atoms with Crippen molar-refractivity contribution in [1.82, 2.24) is 0 Å². The van der Waals surface area contributed by atoms with Crippen molar-refractivity contribution in [2.75, 3.05) is 0 Å². The van der Waals surface area contributed by atoms with E-state index in [4.69, 9.17) is 0 Å². The number of aromatic hydroxyl groups is 2. The van der Waals surface area contributed by atoms with Crippen molar-refractivity contribution in [3.05, 3.63) is 47.5 Å². The first kappa shape index (κ1) is 12.5. The van der Waals surface area contributed by atoms with Gasteiger partial charge in [-0.1, -0.05) is 44.2 Å². The van der Waals surface area contributed by atoms with Crippen molar-refractivity contribution in [3.63, 3.8) is 0 Å². The monoisotopic (exact) mass is 242 g/mol. The van der Waals surface area contributed by atoms with Gasteiger partial charge >= 0.3 is 0 Å². The highest BCUT2D eigenvalue weighted by atomic mass is 16.3. The summed E-state index contributed by atoms with van der Waals surface area (Å²) in [7, 11) is 0. The Morgan fingerprint density at radius 1 is 0.833 bits per heavy atom. The minimum atomic E-state index is -0.0678. The molecule has 0 spiro atoms. The van der Waals surface area contributed by atoms with E-state index in [1.807, 2.05) is 25.1 Å². The lowest BCUT2D eigenvalue weighted by Gasteiger charge is -2.12. The van der Waals surface area contributed by atoms with Crippen LogP contribution in [0.3, 0.4) is 0 Å². The summed E-state index contributed by atoms with van der Waals surface area (Å²) in [4.78, 5) is 0. The van der Waals surface area contributed by atoms with E-state index in [-0.39, 0.29) is 11.5 Å². The molecular weight excluding hydrogens is 224 g/mol. The average molecular weight is 242 g/mol. The predicted molar refractivity (Wildman–Crippen MR) is 74.0 cm³/mol. The molecular formula is C16H18O2. The van der Waals surface area contributed by atoms with Crippen LogP contribution in [-0.4, -0.2) is 10.2 Å². The van der Waals surface area contributed by atoms with E-state index in [0.717, 1.165) is 29.5 Å². The third-order valence-corrected chi connectivity index (χ3v) is 3.27. The van der Waals surface area contributed by atoms with E-state index >= 15 is 0 Å². The Morgan fingerprint density at radius 3 is 2.06 bits per heavy atom. The molecule has 0 atom stereocenters. The first-order valence-electron chi connectivity index (χ1n) is 6.30. The third-order valence-electron chi connectivity index (χ3n) is 3.27. The van der Waals surface area contributed by atoms with Gasteiger partial charge < -0.3 is 10.2 Å². The van der Waals surface area contributed by atoms with Gasteiger partial charge in [-0.25, -0.2) is 0 Å². The molecule has 2 aromatic carbocycles.